The first-order valence-corrected chi connectivity index (χ1v) is 5.07. The van der Waals surface area contributed by atoms with E-state index in [-0.39, 0.29) is 17.2 Å². The number of piperidine rings is 1. The summed E-state index contributed by atoms with van der Waals surface area (Å²) in [5.41, 5.74) is 2.76. The van der Waals surface area contributed by atoms with Gasteiger partial charge in [0.05, 0.1) is 5.92 Å². The number of nitrogens with one attached hydrogen (secondary N) is 1. The molecule has 0 bridgehead atoms. The molecule has 1 saturated carbocycles. The van der Waals surface area contributed by atoms with Gasteiger partial charge in [0.1, 0.15) is 0 Å². The van der Waals surface area contributed by atoms with Crippen molar-refractivity contribution in [1.29, 1.82) is 0 Å². The van der Waals surface area contributed by atoms with Crippen molar-refractivity contribution in [1.82, 2.24) is 5.32 Å². The Bertz CT molecular complexity index is 395. The highest BCUT2D eigenvalue weighted by molar-refractivity contribution is 5.88. The van der Waals surface area contributed by atoms with E-state index in [4.69, 9.17) is 0 Å². The van der Waals surface area contributed by atoms with Gasteiger partial charge in [-0.3, -0.25) is 4.79 Å². The van der Waals surface area contributed by atoms with Crippen LogP contribution in [0.25, 0.3) is 0 Å². The van der Waals surface area contributed by atoms with Gasteiger partial charge < -0.3 is 5.32 Å². The first kappa shape index (κ1) is 8.04. The van der Waals surface area contributed by atoms with E-state index in [1.165, 1.54) is 11.1 Å². The third-order valence-electron chi connectivity index (χ3n) is 3.60. The number of carbonyl (C=O) groups is 1. The van der Waals surface area contributed by atoms with E-state index in [2.05, 4.69) is 36.5 Å². The summed E-state index contributed by atoms with van der Waals surface area (Å²) in [6.07, 6.45) is 1.04. The Balaban J connectivity index is 1.98. The fraction of sp³-hybridized carbons (Fsp3) is 0.417. The molecule has 1 aliphatic heterocycles. The second-order valence-corrected chi connectivity index (χ2v) is 4.50. The number of benzene rings is 1. The predicted octanol–water partition coefficient (Wildman–Crippen LogP) is 1.38. The lowest BCUT2D eigenvalue weighted by Crippen LogP contribution is -2.22. The van der Waals surface area contributed by atoms with Gasteiger partial charge in [-0.1, -0.05) is 29.8 Å². The number of carbonyl (C=O) groups excluding carboxylic acids is 1. The first-order chi connectivity index (χ1) is 6.72. The lowest BCUT2D eigenvalue weighted by molar-refractivity contribution is -0.120. The molecule has 2 heteroatoms. The van der Waals surface area contributed by atoms with E-state index in [0.29, 0.717) is 0 Å². The molecule has 2 nitrogen and oxygen atoms in total. The van der Waals surface area contributed by atoms with Crippen LogP contribution >= 0.6 is 0 Å². The summed E-state index contributed by atoms with van der Waals surface area (Å²) in [6.45, 7) is 2.92. The van der Waals surface area contributed by atoms with Crippen LogP contribution in [-0.4, -0.2) is 12.5 Å². The predicted molar refractivity (Wildman–Crippen MR) is 54.0 cm³/mol. The molecule has 1 N–H and O–H groups in total. The second-order valence-electron chi connectivity index (χ2n) is 4.50. The van der Waals surface area contributed by atoms with Crippen molar-refractivity contribution < 1.29 is 4.79 Å². The molecule has 1 amide bonds. The zero-order valence-electron chi connectivity index (χ0n) is 8.21. The Kier molecular flexibility index (Phi) is 1.37. The van der Waals surface area contributed by atoms with Gasteiger partial charge in [-0.15, -0.1) is 0 Å². The van der Waals surface area contributed by atoms with E-state index in [1.54, 1.807) is 0 Å². The summed E-state index contributed by atoms with van der Waals surface area (Å²) < 4.78 is 0. The molecular formula is C12H13NO. The minimum Gasteiger partial charge on any atom is -0.355 e. The average Bonchev–Trinajstić information content (AvgIpc) is 2.84. The summed E-state index contributed by atoms with van der Waals surface area (Å²) >= 11 is 0. The monoisotopic (exact) mass is 187 g/mol. The van der Waals surface area contributed by atoms with Gasteiger partial charge in [-0.2, -0.15) is 0 Å². The maximum Gasteiger partial charge on any atom is 0.224 e. The van der Waals surface area contributed by atoms with Crippen molar-refractivity contribution in [2.24, 2.45) is 5.92 Å². The zero-order valence-corrected chi connectivity index (χ0v) is 8.21. The van der Waals surface area contributed by atoms with Crippen LogP contribution in [-0.2, 0) is 10.2 Å². The summed E-state index contributed by atoms with van der Waals surface area (Å²) in [4.78, 5) is 11.4. The largest absolute Gasteiger partial charge is 0.355 e. The summed E-state index contributed by atoms with van der Waals surface area (Å²) in [6, 6.07) is 8.58. The molecule has 2 fully saturated rings. The summed E-state index contributed by atoms with van der Waals surface area (Å²) in [7, 11) is 0. The highest BCUT2D eigenvalue weighted by atomic mass is 16.2. The number of amides is 1. The first-order valence-electron chi connectivity index (χ1n) is 5.07. The van der Waals surface area contributed by atoms with Crippen LogP contribution < -0.4 is 5.32 Å². The standard InChI is InChI=1S/C12H13NO/c1-8-2-4-9(5-3-8)12-6-10(12)11(14)13-7-12/h2-5,10H,6-7H2,1H3,(H,13,14)/t10-,12+/m0/s1. The average molecular weight is 187 g/mol. The van der Waals surface area contributed by atoms with E-state index in [9.17, 15) is 4.79 Å². The van der Waals surface area contributed by atoms with E-state index in [1.807, 2.05) is 0 Å². The van der Waals surface area contributed by atoms with Crippen LogP contribution in [0.2, 0.25) is 0 Å². The molecule has 72 valence electrons. The van der Waals surface area contributed by atoms with Crippen molar-refractivity contribution in [2.45, 2.75) is 18.8 Å². The van der Waals surface area contributed by atoms with Crippen LogP contribution in [0.15, 0.2) is 24.3 Å². The Morgan fingerprint density at radius 1 is 1.36 bits per heavy atom. The number of rotatable bonds is 1. The molecule has 1 aromatic rings. The molecule has 0 unspecified atom stereocenters. The molecule has 0 aromatic heterocycles. The van der Waals surface area contributed by atoms with Crippen molar-refractivity contribution in [3.8, 4) is 0 Å². The zero-order chi connectivity index (χ0) is 9.76. The van der Waals surface area contributed by atoms with Gasteiger partial charge in [-0.25, -0.2) is 0 Å². The maximum atomic E-state index is 11.4. The molecule has 1 saturated heterocycles. The van der Waals surface area contributed by atoms with E-state index in [0.717, 1.165) is 13.0 Å². The highest BCUT2D eigenvalue weighted by Gasteiger charge is 2.63. The number of hydrogen-bond donors (Lipinski definition) is 1. The third-order valence-corrected chi connectivity index (χ3v) is 3.60. The second kappa shape index (κ2) is 2.38. The van der Waals surface area contributed by atoms with Crippen molar-refractivity contribution >= 4 is 5.91 Å². The molecule has 1 aliphatic carbocycles. The van der Waals surface area contributed by atoms with Crippen LogP contribution in [0.3, 0.4) is 0 Å². The van der Waals surface area contributed by atoms with Gasteiger partial charge in [-0.05, 0) is 18.9 Å². The van der Waals surface area contributed by atoms with Gasteiger partial charge in [0, 0.05) is 12.0 Å². The molecule has 1 heterocycles. The van der Waals surface area contributed by atoms with Gasteiger partial charge in [0.15, 0.2) is 0 Å². The Labute approximate surface area is 83.3 Å². The minimum absolute atomic E-state index is 0.158. The van der Waals surface area contributed by atoms with Gasteiger partial charge >= 0.3 is 0 Å². The molecular weight excluding hydrogens is 174 g/mol. The highest BCUT2D eigenvalue weighted by Crippen LogP contribution is 2.56. The topological polar surface area (TPSA) is 29.1 Å². The Morgan fingerprint density at radius 2 is 2.07 bits per heavy atom. The Hall–Kier alpha value is -1.31. The number of aryl methyl sites for hydroxylation is 1. The Morgan fingerprint density at radius 3 is 2.57 bits per heavy atom. The quantitative estimate of drug-likeness (QED) is 0.707. The van der Waals surface area contributed by atoms with Crippen LogP contribution in [0.1, 0.15) is 17.5 Å². The van der Waals surface area contributed by atoms with Gasteiger partial charge in [0.25, 0.3) is 0 Å². The summed E-state index contributed by atoms with van der Waals surface area (Å²) in [5.74, 6) is 0.496. The smallest absolute Gasteiger partial charge is 0.224 e. The molecule has 0 radical (unpaired) electrons. The van der Waals surface area contributed by atoms with Gasteiger partial charge in [0.2, 0.25) is 5.91 Å². The van der Waals surface area contributed by atoms with Crippen LogP contribution in [0, 0.1) is 12.8 Å². The maximum absolute atomic E-state index is 11.4. The molecule has 2 aliphatic rings. The molecule has 3 rings (SSSR count). The number of fused-ring (bicyclic) bond motifs is 1. The molecule has 2 atom stereocenters. The lowest BCUT2D eigenvalue weighted by Gasteiger charge is -2.11. The lowest BCUT2D eigenvalue weighted by atomic mass is 9.94. The van der Waals surface area contributed by atoms with E-state index < -0.39 is 0 Å². The molecule has 1 aromatic carbocycles. The van der Waals surface area contributed by atoms with Crippen molar-refractivity contribution in [3.05, 3.63) is 35.4 Å². The van der Waals surface area contributed by atoms with E-state index >= 15 is 0 Å². The number of hydrogen-bond acceptors (Lipinski definition) is 1. The SMILES string of the molecule is Cc1ccc([C@@]23CNC(=O)[C@@H]2C3)cc1. The minimum atomic E-state index is 0.158. The fourth-order valence-corrected chi connectivity index (χ4v) is 2.52. The molecule has 0 spiro atoms. The van der Waals surface area contributed by atoms with Crippen LogP contribution in [0.4, 0.5) is 0 Å². The normalized spacial score (nSPS) is 33.8. The molecule has 14 heavy (non-hydrogen) atoms. The van der Waals surface area contributed by atoms with Crippen molar-refractivity contribution in [3.63, 3.8) is 0 Å². The fourth-order valence-electron chi connectivity index (χ4n) is 2.52. The van der Waals surface area contributed by atoms with Crippen LogP contribution in [0.5, 0.6) is 0 Å². The third kappa shape index (κ3) is 0.884. The summed E-state index contributed by atoms with van der Waals surface area (Å²) in [5, 5.41) is 2.93. The van der Waals surface area contributed by atoms with Crippen molar-refractivity contribution in [2.75, 3.05) is 6.54 Å².